The van der Waals surface area contributed by atoms with E-state index in [1.807, 2.05) is 18.0 Å². The van der Waals surface area contributed by atoms with E-state index in [0.29, 0.717) is 63.0 Å². The molecule has 5 rings (SSSR count). The molecular weight excluding hydrogens is 504 g/mol. The Morgan fingerprint density at radius 3 is 2.42 bits per heavy atom. The normalized spacial score (nSPS) is 16.6. The average molecular weight is 531 g/mol. The van der Waals surface area contributed by atoms with Crippen molar-refractivity contribution in [2.24, 2.45) is 0 Å². The molecule has 0 unspecified atom stereocenters. The van der Waals surface area contributed by atoms with Crippen LogP contribution in [-0.2, 0) is 16.0 Å². The number of hydrogen-bond donors (Lipinski definition) is 3. The molecular formula is C29H27ClN4O4. The number of rotatable bonds is 6. The molecule has 0 saturated carbocycles. The molecule has 1 saturated heterocycles. The van der Waals surface area contributed by atoms with Crippen molar-refractivity contribution in [2.75, 3.05) is 43.9 Å². The molecule has 0 radical (unpaired) electrons. The van der Waals surface area contributed by atoms with E-state index in [4.69, 9.17) is 11.6 Å². The summed E-state index contributed by atoms with van der Waals surface area (Å²) in [7, 11) is 2.04. The summed E-state index contributed by atoms with van der Waals surface area (Å²) >= 11 is 6.15. The summed E-state index contributed by atoms with van der Waals surface area (Å²) in [4.78, 5) is 41.5. The molecule has 0 aliphatic carbocycles. The minimum absolute atomic E-state index is 0.00873. The Morgan fingerprint density at radius 1 is 0.974 bits per heavy atom. The summed E-state index contributed by atoms with van der Waals surface area (Å²) in [6, 6.07) is 19.4. The van der Waals surface area contributed by atoms with Gasteiger partial charge in [0.2, 0.25) is 0 Å². The zero-order valence-corrected chi connectivity index (χ0v) is 21.6. The third-order valence-corrected chi connectivity index (χ3v) is 6.97. The number of aliphatic carboxylic acids is 1. The Kier molecular flexibility index (Phi) is 7.18. The molecule has 2 amide bonds. The molecule has 194 valence electrons. The Labute approximate surface area is 225 Å². The highest BCUT2D eigenvalue weighted by atomic mass is 35.5. The lowest BCUT2D eigenvalue weighted by molar-refractivity contribution is -0.136. The van der Waals surface area contributed by atoms with Crippen molar-refractivity contribution in [3.63, 3.8) is 0 Å². The maximum absolute atomic E-state index is 13.2. The van der Waals surface area contributed by atoms with Crippen LogP contribution in [0.1, 0.15) is 27.0 Å². The maximum Gasteiger partial charge on any atom is 0.307 e. The zero-order chi connectivity index (χ0) is 26.8. The number of carbonyl (C=O) groups is 3. The van der Waals surface area contributed by atoms with Crippen molar-refractivity contribution in [2.45, 2.75) is 6.42 Å². The number of hydrogen-bond acceptors (Lipinski definition) is 5. The van der Waals surface area contributed by atoms with E-state index in [2.05, 4.69) is 15.5 Å². The predicted octanol–water partition coefficient (Wildman–Crippen LogP) is 4.29. The number of carboxylic acids is 1. The van der Waals surface area contributed by atoms with Gasteiger partial charge in [-0.3, -0.25) is 14.4 Å². The van der Waals surface area contributed by atoms with Gasteiger partial charge >= 0.3 is 5.97 Å². The number of benzene rings is 3. The number of fused-ring (bicyclic) bond motifs is 1. The molecule has 2 aliphatic rings. The molecule has 0 atom stereocenters. The molecule has 2 heterocycles. The Balaban J connectivity index is 1.50. The summed E-state index contributed by atoms with van der Waals surface area (Å²) in [6.45, 7) is 3.07. The van der Waals surface area contributed by atoms with Gasteiger partial charge in [-0.15, -0.1) is 0 Å². The van der Waals surface area contributed by atoms with Gasteiger partial charge in [-0.2, -0.15) is 0 Å². The van der Waals surface area contributed by atoms with Crippen LogP contribution in [0.5, 0.6) is 0 Å². The average Bonchev–Trinajstić information content (AvgIpc) is 3.22. The quantitative estimate of drug-likeness (QED) is 0.411. The van der Waals surface area contributed by atoms with E-state index < -0.39 is 5.97 Å². The summed E-state index contributed by atoms with van der Waals surface area (Å²) in [5.74, 6) is -1.25. The van der Waals surface area contributed by atoms with Gasteiger partial charge in [0.15, 0.2) is 0 Å². The zero-order valence-electron chi connectivity index (χ0n) is 20.8. The highest BCUT2D eigenvalue weighted by molar-refractivity contribution is 6.38. The molecule has 0 spiro atoms. The van der Waals surface area contributed by atoms with Gasteiger partial charge < -0.3 is 25.5 Å². The van der Waals surface area contributed by atoms with Crippen molar-refractivity contribution in [3.05, 3.63) is 94.0 Å². The molecule has 0 aromatic heterocycles. The number of nitrogens with one attached hydrogen (secondary N) is 2. The Bertz CT molecular complexity index is 1440. The first-order valence-corrected chi connectivity index (χ1v) is 12.7. The lowest BCUT2D eigenvalue weighted by Crippen LogP contribution is -2.47. The first-order valence-electron chi connectivity index (χ1n) is 12.3. The van der Waals surface area contributed by atoms with Crippen LogP contribution in [0.3, 0.4) is 0 Å². The van der Waals surface area contributed by atoms with E-state index >= 15 is 0 Å². The Hall–Kier alpha value is -4.14. The molecule has 3 aromatic rings. The lowest BCUT2D eigenvalue weighted by atomic mass is 9.98. The summed E-state index contributed by atoms with van der Waals surface area (Å²) in [5.41, 5.74) is 4.78. The molecule has 0 bridgehead atoms. The SMILES string of the molecule is CN1CCN(C(=O)c2ccc(NC(=C3C(=O)Nc4cc(Cl)ccc43)c3cccc(CC(=O)O)c3)cc2)CC1. The number of nitrogens with zero attached hydrogens (tertiary/aromatic N) is 2. The van der Waals surface area contributed by atoms with Crippen LogP contribution in [0.2, 0.25) is 5.02 Å². The van der Waals surface area contributed by atoms with E-state index in [1.165, 1.54) is 0 Å². The number of piperazine rings is 1. The summed E-state index contributed by atoms with van der Waals surface area (Å²) in [6.07, 6.45) is -0.141. The number of amides is 2. The fraction of sp³-hybridized carbons (Fsp3) is 0.207. The number of halogens is 1. The highest BCUT2D eigenvalue weighted by Gasteiger charge is 2.29. The van der Waals surface area contributed by atoms with Gasteiger partial charge in [0.25, 0.3) is 11.8 Å². The van der Waals surface area contributed by atoms with Gasteiger partial charge in [-0.1, -0.05) is 35.9 Å². The topological polar surface area (TPSA) is 102 Å². The first kappa shape index (κ1) is 25.5. The fourth-order valence-electron chi connectivity index (χ4n) is 4.72. The first-order chi connectivity index (χ1) is 18.3. The van der Waals surface area contributed by atoms with E-state index in [-0.39, 0.29) is 18.2 Å². The second kappa shape index (κ2) is 10.7. The monoisotopic (exact) mass is 530 g/mol. The van der Waals surface area contributed by atoms with Crippen molar-refractivity contribution < 1.29 is 19.5 Å². The smallest absolute Gasteiger partial charge is 0.307 e. The summed E-state index contributed by atoms with van der Waals surface area (Å²) in [5, 5.41) is 16.0. The van der Waals surface area contributed by atoms with Gasteiger partial charge in [-0.05, 0) is 60.6 Å². The molecule has 2 aliphatic heterocycles. The van der Waals surface area contributed by atoms with Crippen molar-refractivity contribution in [3.8, 4) is 0 Å². The van der Waals surface area contributed by atoms with E-state index in [1.54, 1.807) is 60.7 Å². The highest BCUT2D eigenvalue weighted by Crippen LogP contribution is 2.39. The minimum atomic E-state index is -0.941. The van der Waals surface area contributed by atoms with Crippen molar-refractivity contribution in [1.29, 1.82) is 0 Å². The van der Waals surface area contributed by atoms with Crippen LogP contribution in [0, 0.1) is 0 Å². The van der Waals surface area contributed by atoms with Gasteiger partial charge in [-0.25, -0.2) is 0 Å². The fourth-order valence-corrected chi connectivity index (χ4v) is 4.89. The molecule has 9 heteroatoms. The Morgan fingerprint density at radius 2 is 1.71 bits per heavy atom. The van der Waals surface area contributed by atoms with Gasteiger partial charge in [0, 0.05) is 48.0 Å². The van der Waals surface area contributed by atoms with Crippen LogP contribution < -0.4 is 10.6 Å². The minimum Gasteiger partial charge on any atom is -0.481 e. The molecule has 8 nitrogen and oxygen atoms in total. The third kappa shape index (κ3) is 5.41. The van der Waals surface area contributed by atoms with Crippen molar-refractivity contribution in [1.82, 2.24) is 9.80 Å². The van der Waals surface area contributed by atoms with E-state index in [0.717, 1.165) is 13.1 Å². The van der Waals surface area contributed by atoms with Crippen LogP contribution in [-0.4, -0.2) is 65.9 Å². The number of likely N-dealkylation sites (N-methyl/N-ethyl adjacent to an activating group) is 1. The second-order valence-electron chi connectivity index (χ2n) is 9.46. The van der Waals surface area contributed by atoms with Crippen LogP contribution in [0.4, 0.5) is 11.4 Å². The van der Waals surface area contributed by atoms with Crippen LogP contribution in [0.25, 0.3) is 11.3 Å². The second-order valence-corrected chi connectivity index (χ2v) is 9.90. The molecule has 38 heavy (non-hydrogen) atoms. The van der Waals surface area contributed by atoms with E-state index in [9.17, 15) is 19.5 Å². The number of anilines is 2. The predicted molar refractivity (Wildman–Crippen MR) is 148 cm³/mol. The standard InChI is InChI=1S/C29H27ClN4O4/c1-33-11-13-34(14-12-33)29(38)19-5-8-22(9-6-19)31-27(20-4-2-3-18(15-20)16-25(35)36)26-23-10-7-21(30)17-24(23)32-28(26)37/h2-10,15,17,31H,11-14,16H2,1H3,(H,32,37)(H,35,36). The van der Waals surface area contributed by atoms with Gasteiger partial charge in [0.1, 0.15) is 0 Å². The summed E-state index contributed by atoms with van der Waals surface area (Å²) < 4.78 is 0. The maximum atomic E-state index is 13.2. The molecule has 3 N–H and O–H groups in total. The molecule has 1 fully saturated rings. The number of carboxylic acid groups (broad SMARTS) is 1. The van der Waals surface area contributed by atoms with Crippen LogP contribution >= 0.6 is 11.6 Å². The lowest BCUT2D eigenvalue weighted by Gasteiger charge is -2.32. The van der Waals surface area contributed by atoms with Crippen molar-refractivity contribution >= 4 is 52.0 Å². The van der Waals surface area contributed by atoms with Gasteiger partial charge in [0.05, 0.1) is 23.4 Å². The molecule has 3 aromatic carbocycles. The third-order valence-electron chi connectivity index (χ3n) is 6.74. The number of carbonyl (C=O) groups excluding carboxylic acids is 2. The van der Waals surface area contributed by atoms with Crippen LogP contribution in [0.15, 0.2) is 66.7 Å². The largest absolute Gasteiger partial charge is 0.481 e.